The molecule has 4 rings (SSSR count). The second kappa shape index (κ2) is 6.00. The molecule has 0 N–H and O–H groups in total. The first-order chi connectivity index (χ1) is 11.9. The van der Waals surface area contributed by atoms with Crippen LogP contribution in [0.1, 0.15) is 29.0 Å². The fourth-order valence-corrected chi connectivity index (χ4v) is 4.26. The largest absolute Gasteiger partial charge is 0.440 e. The molecule has 1 unspecified atom stereocenters. The summed E-state index contributed by atoms with van der Waals surface area (Å²) in [5.74, 6) is -0.238. The van der Waals surface area contributed by atoms with Crippen LogP contribution in [0.3, 0.4) is 0 Å². The van der Waals surface area contributed by atoms with E-state index in [4.69, 9.17) is 4.42 Å². The highest BCUT2D eigenvalue weighted by Gasteiger charge is 2.34. The maximum atomic E-state index is 13.1. The molecule has 132 valence electrons. The van der Waals surface area contributed by atoms with E-state index in [0.29, 0.717) is 12.6 Å². The molecule has 1 aromatic heterocycles. The molecule has 25 heavy (non-hydrogen) atoms. The summed E-state index contributed by atoms with van der Waals surface area (Å²) in [6.07, 6.45) is 3.26. The maximum Gasteiger partial charge on any atom is 0.294 e. The Morgan fingerprint density at radius 3 is 2.76 bits per heavy atom. The van der Waals surface area contributed by atoms with Gasteiger partial charge in [0.15, 0.2) is 5.76 Å². The summed E-state index contributed by atoms with van der Waals surface area (Å²) < 4.78 is 28.6. The van der Waals surface area contributed by atoms with Gasteiger partial charge in [-0.1, -0.05) is 18.2 Å². The number of rotatable bonds is 2. The number of hydrogen-bond acceptors (Lipinski definition) is 5. The predicted octanol–water partition coefficient (Wildman–Crippen LogP) is 2.31. The molecule has 0 bridgehead atoms. The van der Waals surface area contributed by atoms with E-state index in [2.05, 4.69) is 4.90 Å². The van der Waals surface area contributed by atoms with Gasteiger partial charge in [-0.2, -0.15) is 0 Å². The topological polar surface area (TPSA) is 70.8 Å². The van der Waals surface area contributed by atoms with Gasteiger partial charge in [0.25, 0.3) is 5.91 Å². The maximum absolute atomic E-state index is 13.1. The summed E-state index contributed by atoms with van der Waals surface area (Å²) in [4.78, 5) is 17.2. The Morgan fingerprint density at radius 2 is 2.00 bits per heavy atom. The number of furan rings is 1. The van der Waals surface area contributed by atoms with E-state index in [1.54, 1.807) is 4.90 Å². The first-order valence-corrected chi connectivity index (χ1v) is 10.3. The SMILES string of the molecule is CS(=O)(=O)c1ccc(C(=O)N2CC3CCCN3Cc3ccccc32)o1. The Morgan fingerprint density at radius 1 is 1.20 bits per heavy atom. The zero-order valence-corrected chi connectivity index (χ0v) is 14.8. The lowest BCUT2D eigenvalue weighted by Gasteiger charge is -2.25. The van der Waals surface area contributed by atoms with Gasteiger partial charge in [0, 0.05) is 31.1 Å². The lowest BCUT2D eigenvalue weighted by molar-refractivity contribution is 0.0949. The van der Waals surface area contributed by atoms with Crippen LogP contribution in [0.5, 0.6) is 0 Å². The standard InChI is InChI=1S/C18H20N2O4S/c1-25(22,23)17-9-8-16(24-17)18(21)20-12-14-6-4-10-19(14)11-13-5-2-3-7-15(13)20/h2-3,5,7-9,14H,4,6,10-12H2,1H3. The lowest BCUT2D eigenvalue weighted by Crippen LogP contribution is -2.40. The Labute approximate surface area is 146 Å². The average molecular weight is 360 g/mol. The normalized spacial score (nSPS) is 20.8. The van der Waals surface area contributed by atoms with E-state index >= 15 is 0 Å². The third kappa shape index (κ3) is 2.98. The van der Waals surface area contributed by atoms with Crippen molar-refractivity contribution in [2.24, 2.45) is 0 Å². The van der Waals surface area contributed by atoms with Crippen LogP contribution in [0, 0.1) is 0 Å². The van der Waals surface area contributed by atoms with Gasteiger partial charge in [0.1, 0.15) is 0 Å². The summed E-state index contributed by atoms with van der Waals surface area (Å²) in [6.45, 7) is 2.46. The van der Waals surface area contributed by atoms with Crippen LogP contribution in [-0.2, 0) is 16.4 Å². The van der Waals surface area contributed by atoms with Gasteiger partial charge in [0.2, 0.25) is 14.9 Å². The summed E-state index contributed by atoms with van der Waals surface area (Å²) in [5, 5.41) is -0.179. The molecule has 7 heteroatoms. The third-order valence-electron chi connectivity index (χ3n) is 4.95. The number of anilines is 1. The molecule has 1 aromatic carbocycles. The van der Waals surface area contributed by atoms with Crippen LogP contribution in [0.15, 0.2) is 45.9 Å². The Kier molecular flexibility index (Phi) is 3.92. The minimum atomic E-state index is -3.47. The van der Waals surface area contributed by atoms with E-state index in [0.717, 1.165) is 43.4 Å². The summed E-state index contributed by atoms with van der Waals surface area (Å²) >= 11 is 0. The molecule has 0 aliphatic carbocycles. The van der Waals surface area contributed by atoms with Crippen molar-refractivity contribution in [1.82, 2.24) is 4.90 Å². The van der Waals surface area contributed by atoms with Crippen LogP contribution >= 0.6 is 0 Å². The van der Waals surface area contributed by atoms with Crippen molar-refractivity contribution in [2.45, 2.75) is 30.5 Å². The van der Waals surface area contributed by atoms with E-state index in [9.17, 15) is 13.2 Å². The van der Waals surface area contributed by atoms with E-state index in [1.807, 2.05) is 24.3 Å². The minimum absolute atomic E-state index is 0.0571. The van der Waals surface area contributed by atoms with E-state index in [-0.39, 0.29) is 16.8 Å². The van der Waals surface area contributed by atoms with Crippen LogP contribution < -0.4 is 4.90 Å². The number of sulfone groups is 1. The second-order valence-corrected chi connectivity index (χ2v) is 8.65. The predicted molar refractivity (Wildman–Crippen MR) is 93.4 cm³/mol. The third-order valence-corrected chi connectivity index (χ3v) is 5.90. The highest BCUT2D eigenvalue weighted by atomic mass is 32.2. The molecule has 2 aliphatic rings. The van der Waals surface area contributed by atoms with Crippen molar-refractivity contribution < 1.29 is 17.6 Å². The molecule has 0 saturated carbocycles. The number of hydrogen-bond donors (Lipinski definition) is 0. The molecule has 0 spiro atoms. The molecule has 6 nitrogen and oxygen atoms in total. The van der Waals surface area contributed by atoms with Crippen molar-refractivity contribution >= 4 is 21.4 Å². The number of fused-ring (bicyclic) bond motifs is 2. The van der Waals surface area contributed by atoms with Crippen molar-refractivity contribution in [3.63, 3.8) is 0 Å². The van der Waals surface area contributed by atoms with Crippen molar-refractivity contribution in [3.8, 4) is 0 Å². The van der Waals surface area contributed by atoms with Crippen LogP contribution in [0.4, 0.5) is 5.69 Å². The molecular formula is C18H20N2O4S. The van der Waals surface area contributed by atoms with Gasteiger partial charge in [-0.05, 0) is 43.1 Å². The summed E-state index contributed by atoms with van der Waals surface area (Å²) in [6, 6.07) is 11.0. The minimum Gasteiger partial charge on any atom is -0.440 e. The Hall–Kier alpha value is -2.12. The van der Waals surface area contributed by atoms with E-state index < -0.39 is 9.84 Å². The van der Waals surface area contributed by atoms with Crippen LogP contribution in [-0.4, -0.2) is 44.6 Å². The van der Waals surface area contributed by atoms with Gasteiger partial charge in [-0.15, -0.1) is 0 Å². The highest BCUT2D eigenvalue weighted by Crippen LogP contribution is 2.32. The van der Waals surface area contributed by atoms with Gasteiger partial charge in [-0.3, -0.25) is 9.69 Å². The molecular weight excluding hydrogens is 340 g/mol. The molecule has 1 atom stereocenters. The smallest absolute Gasteiger partial charge is 0.294 e. The summed E-state index contributed by atoms with van der Waals surface area (Å²) in [5.41, 5.74) is 1.98. The van der Waals surface area contributed by atoms with E-state index in [1.165, 1.54) is 12.1 Å². The molecule has 2 aromatic rings. The van der Waals surface area contributed by atoms with Crippen LogP contribution in [0.2, 0.25) is 0 Å². The highest BCUT2D eigenvalue weighted by molar-refractivity contribution is 7.90. The van der Waals surface area contributed by atoms with Gasteiger partial charge in [-0.25, -0.2) is 8.42 Å². The molecule has 1 amide bonds. The number of para-hydroxylation sites is 1. The van der Waals surface area contributed by atoms with Gasteiger partial charge in [0.05, 0.1) is 0 Å². The Balaban J connectivity index is 1.72. The first kappa shape index (κ1) is 16.4. The van der Waals surface area contributed by atoms with Crippen LogP contribution in [0.25, 0.3) is 0 Å². The molecule has 0 radical (unpaired) electrons. The molecule has 2 aliphatic heterocycles. The van der Waals surface area contributed by atoms with Crippen molar-refractivity contribution in [3.05, 3.63) is 47.7 Å². The monoisotopic (exact) mass is 360 g/mol. The zero-order chi connectivity index (χ0) is 17.6. The quantitative estimate of drug-likeness (QED) is 0.822. The lowest BCUT2D eigenvalue weighted by atomic mass is 10.1. The molecule has 1 saturated heterocycles. The Bertz CT molecular complexity index is 919. The van der Waals surface area contributed by atoms with Gasteiger partial charge < -0.3 is 9.32 Å². The number of carbonyl (C=O) groups is 1. The number of carbonyl (C=O) groups excluding carboxylic acids is 1. The van der Waals surface area contributed by atoms with Gasteiger partial charge >= 0.3 is 0 Å². The molecule has 1 fully saturated rings. The number of amides is 1. The summed E-state index contributed by atoms with van der Waals surface area (Å²) in [7, 11) is -3.47. The second-order valence-electron chi connectivity index (χ2n) is 6.70. The fourth-order valence-electron chi connectivity index (χ4n) is 3.71. The zero-order valence-electron chi connectivity index (χ0n) is 14.0. The first-order valence-electron chi connectivity index (χ1n) is 8.37. The molecule has 3 heterocycles. The van der Waals surface area contributed by atoms with Crippen molar-refractivity contribution in [1.29, 1.82) is 0 Å². The average Bonchev–Trinajstić information content (AvgIpc) is 3.20. The fraction of sp³-hybridized carbons (Fsp3) is 0.389. The van der Waals surface area contributed by atoms with Crippen molar-refractivity contribution in [2.75, 3.05) is 24.2 Å². The number of benzene rings is 1. The number of nitrogens with zero attached hydrogens (tertiary/aromatic N) is 2.